The van der Waals surface area contributed by atoms with Crippen molar-refractivity contribution in [3.8, 4) is 11.4 Å². The average molecular weight is 387 g/mol. The predicted octanol–water partition coefficient (Wildman–Crippen LogP) is 3.01. The Balaban J connectivity index is 1.77. The van der Waals surface area contributed by atoms with Crippen LogP contribution in [0.15, 0.2) is 46.1 Å². The number of nitrogens with one attached hydrogen (secondary N) is 1. The second-order valence-electron chi connectivity index (χ2n) is 5.89. The van der Waals surface area contributed by atoms with Crippen LogP contribution in [-0.2, 0) is 16.1 Å². The van der Waals surface area contributed by atoms with Gasteiger partial charge in [0.2, 0.25) is 5.91 Å². The Kier molecular flexibility index (Phi) is 6.25. The highest BCUT2D eigenvalue weighted by Gasteiger charge is 2.21. The minimum absolute atomic E-state index is 0.184. The van der Waals surface area contributed by atoms with Crippen molar-refractivity contribution in [1.29, 1.82) is 0 Å². The van der Waals surface area contributed by atoms with Gasteiger partial charge in [-0.2, -0.15) is 0 Å². The summed E-state index contributed by atoms with van der Waals surface area (Å²) >= 11 is 1.33. The van der Waals surface area contributed by atoms with Gasteiger partial charge in [0.05, 0.1) is 18.4 Å². The van der Waals surface area contributed by atoms with E-state index in [1.54, 1.807) is 20.1 Å². The van der Waals surface area contributed by atoms with Crippen LogP contribution in [0.1, 0.15) is 12.7 Å². The van der Waals surface area contributed by atoms with E-state index >= 15 is 0 Å². The first-order valence-corrected chi connectivity index (χ1v) is 9.35. The third-order valence-electron chi connectivity index (χ3n) is 3.80. The van der Waals surface area contributed by atoms with Gasteiger partial charge in [-0.3, -0.25) is 9.36 Å². The molecular formula is C18H21N5O3S. The minimum atomic E-state index is -0.392. The topological polar surface area (TPSA) is 95.1 Å². The summed E-state index contributed by atoms with van der Waals surface area (Å²) in [7, 11) is 1.65. The zero-order valence-corrected chi connectivity index (χ0v) is 16.2. The Morgan fingerprint density at radius 1 is 1.33 bits per heavy atom. The van der Waals surface area contributed by atoms with Gasteiger partial charge in [0, 0.05) is 18.7 Å². The number of hydrogen-bond donors (Lipinski definition) is 1. The number of carbonyl (C=O) groups is 1. The molecule has 1 atom stereocenters. The molecule has 1 aromatic carbocycles. The van der Waals surface area contributed by atoms with Crippen LogP contribution >= 0.6 is 11.8 Å². The Labute approximate surface area is 161 Å². The summed E-state index contributed by atoms with van der Waals surface area (Å²) in [5.41, 5.74) is 0.961. The van der Waals surface area contributed by atoms with Gasteiger partial charge in [-0.15, -0.1) is 10.2 Å². The zero-order valence-electron chi connectivity index (χ0n) is 15.4. The molecule has 0 radical (unpaired) electrons. The second kappa shape index (κ2) is 8.83. The van der Waals surface area contributed by atoms with E-state index in [2.05, 4.69) is 20.7 Å². The fourth-order valence-corrected chi connectivity index (χ4v) is 3.30. The van der Waals surface area contributed by atoms with Crippen molar-refractivity contribution in [3.63, 3.8) is 0 Å². The lowest BCUT2D eigenvalue weighted by atomic mass is 10.2. The van der Waals surface area contributed by atoms with Crippen LogP contribution in [0, 0.1) is 6.92 Å². The van der Waals surface area contributed by atoms with Crippen LogP contribution in [0.5, 0.6) is 0 Å². The highest BCUT2D eigenvalue weighted by Crippen LogP contribution is 2.27. The van der Waals surface area contributed by atoms with Crippen molar-refractivity contribution in [2.75, 3.05) is 19.0 Å². The molecular weight excluding hydrogens is 366 g/mol. The highest BCUT2D eigenvalue weighted by molar-refractivity contribution is 8.00. The molecule has 0 aliphatic heterocycles. The van der Waals surface area contributed by atoms with Crippen molar-refractivity contribution >= 4 is 23.5 Å². The van der Waals surface area contributed by atoms with E-state index in [0.29, 0.717) is 29.9 Å². The van der Waals surface area contributed by atoms with Crippen LogP contribution in [0.4, 0.5) is 5.82 Å². The Hall–Kier alpha value is -2.65. The second-order valence-corrected chi connectivity index (χ2v) is 7.20. The number of aromatic nitrogens is 4. The molecule has 0 bridgehead atoms. The lowest BCUT2D eigenvalue weighted by Gasteiger charge is -2.12. The fourth-order valence-electron chi connectivity index (χ4n) is 2.43. The molecule has 1 N–H and O–H groups in total. The number of hydrogen-bond acceptors (Lipinski definition) is 7. The Morgan fingerprint density at radius 2 is 2.11 bits per heavy atom. The van der Waals surface area contributed by atoms with Crippen molar-refractivity contribution < 1.29 is 14.1 Å². The summed E-state index contributed by atoms with van der Waals surface area (Å²) in [6, 6.07) is 11.5. The normalized spacial score (nSPS) is 12.1. The Bertz CT molecular complexity index is 894. The first kappa shape index (κ1) is 19.1. The van der Waals surface area contributed by atoms with Gasteiger partial charge in [0.15, 0.2) is 16.8 Å². The van der Waals surface area contributed by atoms with Gasteiger partial charge in [-0.25, -0.2) is 0 Å². The SMILES string of the molecule is COCCn1c(SC(C)C(=O)Nc2cc(C)on2)nnc1-c1ccccc1. The molecule has 0 spiro atoms. The maximum atomic E-state index is 12.4. The minimum Gasteiger partial charge on any atom is -0.383 e. The molecule has 2 aromatic heterocycles. The number of benzene rings is 1. The predicted molar refractivity (Wildman–Crippen MR) is 103 cm³/mol. The van der Waals surface area contributed by atoms with E-state index in [0.717, 1.165) is 11.4 Å². The maximum absolute atomic E-state index is 12.4. The average Bonchev–Trinajstić information content (AvgIpc) is 3.26. The van der Waals surface area contributed by atoms with E-state index in [1.165, 1.54) is 11.8 Å². The summed E-state index contributed by atoms with van der Waals surface area (Å²) < 4.78 is 12.1. The lowest BCUT2D eigenvalue weighted by Crippen LogP contribution is -2.23. The maximum Gasteiger partial charge on any atom is 0.238 e. The molecule has 0 aliphatic carbocycles. The summed E-state index contributed by atoms with van der Waals surface area (Å²) in [4.78, 5) is 12.4. The number of rotatable bonds is 8. The number of amides is 1. The first-order valence-electron chi connectivity index (χ1n) is 8.47. The molecule has 3 aromatic rings. The molecule has 0 fully saturated rings. The highest BCUT2D eigenvalue weighted by atomic mass is 32.2. The summed E-state index contributed by atoms with van der Waals surface area (Å²) in [6.07, 6.45) is 0. The third kappa shape index (κ3) is 4.75. The van der Waals surface area contributed by atoms with Crippen LogP contribution in [-0.4, -0.2) is 44.8 Å². The van der Waals surface area contributed by atoms with Crippen LogP contribution < -0.4 is 5.32 Å². The molecule has 2 heterocycles. The number of methoxy groups -OCH3 is 1. The number of ether oxygens (including phenoxy) is 1. The molecule has 1 amide bonds. The van der Waals surface area contributed by atoms with Crippen molar-refractivity contribution in [3.05, 3.63) is 42.2 Å². The molecule has 142 valence electrons. The number of nitrogens with zero attached hydrogens (tertiary/aromatic N) is 4. The van der Waals surface area contributed by atoms with Gasteiger partial charge in [-0.1, -0.05) is 47.3 Å². The zero-order chi connectivity index (χ0) is 19.2. The van der Waals surface area contributed by atoms with E-state index in [4.69, 9.17) is 9.26 Å². The quantitative estimate of drug-likeness (QED) is 0.594. The number of anilines is 1. The number of thioether (sulfide) groups is 1. The Morgan fingerprint density at radius 3 is 2.78 bits per heavy atom. The van der Waals surface area contributed by atoms with Gasteiger partial charge in [-0.05, 0) is 13.8 Å². The van der Waals surface area contributed by atoms with Crippen LogP contribution in [0.2, 0.25) is 0 Å². The first-order chi connectivity index (χ1) is 13.1. The van der Waals surface area contributed by atoms with E-state index in [9.17, 15) is 4.79 Å². The molecule has 0 saturated heterocycles. The van der Waals surface area contributed by atoms with E-state index in [-0.39, 0.29) is 5.91 Å². The number of aryl methyl sites for hydroxylation is 1. The van der Waals surface area contributed by atoms with Crippen LogP contribution in [0.25, 0.3) is 11.4 Å². The fraction of sp³-hybridized carbons (Fsp3) is 0.333. The third-order valence-corrected chi connectivity index (χ3v) is 4.88. The molecule has 0 saturated carbocycles. The molecule has 9 heteroatoms. The molecule has 3 rings (SSSR count). The smallest absolute Gasteiger partial charge is 0.238 e. The lowest BCUT2D eigenvalue weighted by molar-refractivity contribution is -0.115. The summed E-state index contributed by atoms with van der Waals surface area (Å²) in [6.45, 7) is 4.69. The van der Waals surface area contributed by atoms with Crippen molar-refractivity contribution in [1.82, 2.24) is 19.9 Å². The number of carbonyl (C=O) groups excluding carboxylic acids is 1. The molecule has 1 unspecified atom stereocenters. The molecule has 27 heavy (non-hydrogen) atoms. The van der Waals surface area contributed by atoms with Gasteiger partial charge in [0.1, 0.15) is 5.76 Å². The van der Waals surface area contributed by atoms with Crippen molar-refractivity contribution in [2.45, 2.75) is 30.8 Å². The van der Waals surface area contributed by atoms with E-state index < -0.39 is 5.25 Å². The summed E-state index contributed by atoms with van der Waals surface area (Å²) in [5, 5.41) is 15.4. The van der Waals surface area contributed by atoms with Gasteiger partial charge in [0.25, 0.3) is 0 Å². The van der Waals surface area contributed by atoms with E-state index in [1.807, 2.05) is 41.8 Å². The van der Waals surface area contributed by atoms with Crippen molar-refractivity contribution in [2.24, 2.45) is 0 Å². The van der Waals surface area contributed by atoms with Gasteiger partial charge >= 0.3 is 0 Å². The largest absolute Gasteiger partial charge is 0.383 e. The molecule has 8 nitrogen and oxygen atoms in total. The molecule has 0 aliphatic rings. The standard InChI is InChI=1S/C18H21N5O3S/c1-12-11-15(22-26-12)19-17(24)13(2)27-18-21-20-16(23(18)9-10-25-3)14-7-5-4-6-8-14/h4-8,11,13H,9-10H2,1-3H3,(H,19,22,24). The van der Waals surface area contributed by atoms with Crippen LogP contribution in [0.3, 0.4) is 0 Å². The van der Waals surface area contributed by atoms with Gasteiger partial charge < -0.3 is 14.6 Å². The monoisotopic (exact) mass is 387 g/mol. The summed E-state index contributed by atoms with van der Waals surface area (Å²) in [5.74, 6) is 1.60.